The molecule has 1 aliphatic carbocycles. The SMILES string of the molecule is CN=C(NC1CCN(C(C)=O)CC1)NC1CC1(C)c1ccccc1OC. The summed E-state index contributed by atoms with van der Waals surface area (Å²) in [7, 11) is 3.53. The van der Waals surface area contributed by atoms with Gasteiger partial charge in [-0.3, -0.25) is 9.79 Å². The molecule has 0 radical (unpaired) electrons. The Hall–Kier alpha value is -2.24. The number of para-hydroxylation sites is 1. The summed E-state index contributed by atoms with van der Waals surface area (Å²) < 4.78 is 5.54. The average Bonchev–Trinajstić information content (AvgIpc) is 3.32. The average molecular weight is 358 g/mol. The molecule has 1 aliphatic heterocycles. The van der Waals surface area contributed by atoms with Gasteiger partial charge in [-0.25, -0.2) is 0 Å². The number of hydrogen-bond acceptors (Lipinski definition) is 3. The zero-order valence-corrected chi connectivity index (χ0v) is 16.2. The maximum absolute atomic E-state index is 11.5. The largest absolute Gasteiger partial charge is 0.496 e. The van der Waals surface area contributed by atoms with Gasteiger partial charge in [0, 0.05) is 50.1 Å². The van der Waals surface area contributed by atoms with Gasteiger partial charge in [0.25, 0.3) is 0 Å². The van der Waals surface area contributed by atoms with Crippen molar-refractivity contribution in [3.05, 3.63) is 29.8 Å². The van der Waals surface area contributed by atoms with E-state index in [1.807, 2.05) is 24.1 Å². The summed E-state index contributed by atoms with van der Waals surface area (Å²) in [4.78, 5) is 17.8. The molecule has 1 amide bonds. The van der Waals surface area contributed by atoms with E-state index in [0.717, 1.165) is 44.1 Å². The molecule has 0 aromatic heterocycles. The molecule has 0 spiro atoms. The lowest BCUT2D eigenvalue weighted by atomic mass is 9.96. The molecule has 142 valence electrons. The van der Waals surface area contributed by atoms with Gasteiger partial charge >= 0.3 is 0 Å². The molecule has 6 heteroatoms. The standard InChI is InChI=1S/C20H30N4O2/c1-14(25)24-11-9-15(10-12-24)22-19(21-3)23-18-13-20(18,2)16-7-5-6-8-17(16)26-4/h5-8,15,18H,9-13H2,1-4H3,(H2,21,22,23). The minimum Gasteiger partial charge on any atom is -0.496 e. The highest BCUT2D eigenvalue weighted by molar-refractivity contribution is 5.81. The topological polar surface area (TPSA) is 66.0 Å². The van der Waals surface area contributed by atoms with Crippen LogP contribution in [0.4, 0.5) is 0 Å². The number of aliphatic imine (C=N–C) groups is 1. The van der Waals surface area contributed by atoms with E-state index >= 15 is 0 Å². The van der Waals surface area contributed by atoms with Crippen molar-refractivity contribution in [3.8, 4) is 5.75 Å². The number of nitrogens with one attached hydrogen (secondary N) is 2. The Bertz CT molecular complexity index is 682. The highest BCUT2D eigenvalue weighted by atomic mass is 16.5. The number of hydrogen-bond donors (Lipinski definition) is 2. The van der Waals surface area contributed by atoms with Crippen LogP contribution in [0.15, 0.2) is 29.3 Å². The van der Waals surface area contributed by atoms with Gasteiger partial charge in [0.2, 0.25) is 5.91 Å². The lowest BCUT2D eigenvalue weighted by molar-refractivity contribution is -0.129. The third kappa shape index (κ3) is 3.79. The lowest BCUT2D eigenvalue weighted by Crippen LogP contribution is -2.50. The Morgan fingerprint density at radius 1 is 1.27 bits per heavy atom. The predicted octanol–water partition coefficient (Wildman–Crippen LogP) is 1.90. The third-order valence-corrected chi connectivity index (χ3v) is 5.78. The van der Waals surface area contributed by atoms with Crippen LogP contribution in [0.1, 0.15) is 38.7 Å². The Kier molecular flexibility index (Phi) is 5.39. The highest BCUT2D eigenvalue weighted by Crippen LogP contribution is 2.50. The first kappa shape index (κ1) is 18.5. The van der Waals surface area contributed by atoms with Crippen LogP contribution < -0.4 is 15.4 Å². The molecule has 2 fully saturated rings. The number of piperidine rings is 1. The van der Waals surface area contributed by atoms with E-state index in [1.54, 1.807) is 14.0 Å². The fourth-order valence-electron chi connectivity index (χ4n) is 3.86. The summed E-state index contributed by atoms with van der Waals surface area (Å²) in [6, 6.07) is 8.93. The number of likely N-dealkylation sites (tertiary alicyclic amines) is 1. The van der Waals surface area contributed by atoms with Crippen LogP contribution in [-0.4, -0.2) is 56.1 Å². The van der Waals surface area contributed by atoms with Crippen molar-refractivity contribution in [2.45, 2.75) is 50.6 Å². The van der Waals surface area contributed by atoms with Crippen molar-refractivity contribution in [2.24, 2.45) is 4.99 Å². The molecule has 1 saturated carbocycles. The molecule has 6 nitrogen and oxygen atoms in total. The molecule has 1 aromatic rings. The van der Waals surface area contributed by atoms with Gasteiger partial charge in [-0.05, 0) is 25.3 Å². The van der Waals surface area contributed by atoms with E-state index in [0.29, 0.717) is 12.1 Å². The molecular formula is C20H30N4O2. The summed E-state index contributed by atoms with van der Waals surface area (Å²) in [5.74, 6) is 1.95. The van der Waals surface area contributed by atoms with E-state index < -0.39 is 0 Å². The van der Waals surface area contributed by atoms with Crippen LogP contribution in [-0.2, 0) is 10.2 Å². The fourth-order valence-corrected chi connectivity index (χ4v) is 3.86. The third-order valence-electron chi connectivity index (χ3n) is 5.78. The molecule has 1 saturated heterocycles. The van der Waals surface area contributed by atoms with Crippen LogP contribution in [0.5, 0.6) is 5.75 Å². The van der Waals surface area contributed by atoms with Gasteiger partial charge in [0.05, 0.1) is 7.11 Å². The molecule has 1 heterocycles. The fraction of sp³-hybridized carbons (Fsp3) is 0.600. The summed E-state index contributed by atoms with van der Waals surface area (Å²) >= 11 is 0. The second-order valence-corrected chi connectivity index (χ2v) is 7.52. The maximum Gasteiger partial charge on any atom is 0.219 e. The van der Waals surface area contributed by atoms with Gasteiger partial charge in [-0.1, -0.05) is 25.1 Å². The van der Waals surface area contributed by atoms with Crippen LogP contribution >= 0.6 is 0 Å². The molecule has 3 rings (SSSR count). The van der Waals surface area contributed by atoms with Gasteiger partial charge in [-0.2, -0.15) is 0 Å². The zero-order chi connectivity index (χ0) is 18.7. The first-order valence-electron chi connectivity index (χ1n) is 9.37. The number of carbonyl (C=O) groups excluding carboxylic acids is 1. The number of guanidine groups is 1. The van der Waals surface area contributed by atoms with E-state index in [4.69, 9.17) is 4.74 Å². The Morgan fingerprint density at radius 3 is 2.58 bits per heavy atom. The van der Waals surface area contributed by atoms with Crippen LogP contribution in [0.2, 0.25) is 0 Å². The van der Waals surface area contributed by atoms with Gasteiger partial charge in [-0.15, -0.1) is 0 Å². The number of rotatable bonds is 4. The molecule has 0 bridgehead atoms. The number of carbonyl (C=O) groups is 1. The molecule has 2 N–H and O–H groups in total. The smallest absolute Gasteiger partial charge is 0.219 e. The summed E-state index contributed by atoms with van der Waals surface area (Å²) in [5, 5.41) is 7.09. The van der Waals surface area contributed by atoms with Crippen molar-refractivity contribution in [1.82, 2.24) is 15.5 Å². The molecule has 1 aromatic carbocycles. The number of amides is 1. The predicted molar refractivity (Wildman–Crippen MR) is 104 cm³/mol. The highest BCUT2D eigenvalue weighted by Gasteiger charge is 2.53. The Balaban J connectivity index is 1.56. The number of nitrogens with zero attached hydrogens (tertiary/aromatic N) is 2. The van der Waals surface area contributed by atoms with Crippen LogP contribution in [0, 0.1) is 0 Å². The van der Waals surface area contributed by atoms with Crippen molar-refractivity contribution in [1.29, 1.82) is 0 Å². The monoisotopic (exact) mass is 358 g/mol. The molecule has 2 aliphatic rings. The van der Waals surface area contributed by atoms with Crippen molar-refractivity contribution in [2.75, 3.05) is 27.2 Å². The number of benzene rings is 1. The van der Waals surface area contributed by atoms with Gasteiger partial charge in [0.1, 0.15) is 5.75 Å². The van der Waals surface area contributed by atoms with Gasteiger partial charge < -0.3 is 20.3 Å². The van der Waals surface area contributed by atoms with Crippen LogP contribution in [0.3, 0.4) is 0 Å². The van der Waals surface area contributed by atoms with E-state index in [9.17, 15) is 4.79 Å². The van der Waals surface area contributed by atoms with Crippen molar-refractivity contribution < 1.29 is 9.53 Å². The van der Waals surface area contributed by atoms with Crippen LogP contribution in [0.25, 0.3) is 0 Å². The molecule has 2 unspecified atom stereocenters. The Labute approximate surface area is 156 Å². The molecular weight excluding hydrogens is 328 g/mol. The van der Waals surface area contributed by atoms with E-state index in [2.05, 4.69) is 34.7 Å². The lowest BCUT2D eigenvalue weighted by Gasteiger charge is -2.32. The van der Waals surface area contributed by atoms with Gasteiger partial charge in [0.15, 0.2) is 5.96 Å². The number of ether oxygens (including phenoxy) is 1. The van der Waals surface area contributed by atoms with E-state index in [1.165, 1.54) is 5.56 Å². The summed E-state index contributed by atoms with van der Waals surface area (Å²) in [5.41, 5.74) is 1.30. The second-order valence-electron chi connectivity index (χ2n) is 7.52. The maximum atomic E-state index is 11.5. The minimum atomic E-state index is 0.0578. The summed E-state index contributed by atoms with van der Waals surface area (Å²) in [6.45, 7) is 5.53. The molecule has 2 atom stereocenters. The summed E-state index contributed by atoms with van der Waals surface area (Å²) in [6.07, 6.45) is 2.96. The first-order chi connectivity index (χ1) is 12.5. The minimum absolute atomic E-state index is 0.0578. The first-order valence-corrected chi connectivity index (χ1v) is 9.37. The van der Waals surface area contributed by atoms with Crippen molar-refractivity contribution >= 4 is 11.9 Å². The quantitative estimate of drug-likeness (QED) is 0.637. The normalized spacial score (nSPS) is 26.4. The second kappa shape index (κ2) is 7.56. The zero-order valence-electron chi connectivity index (χ0n) is 16.2. The molecule has 26 heavy (non-hydrogen) atoms. The van der Waals surface area contributed by atoms with Crippen molar-refractivity contribution in [3.63, 3.8) is 0 Å². The van der Waals surface area contributed by atoms with E-state index in [-0.39, 0.29) is 11.3 Å². The Morgan fingerprint density at radius 2 is 1.96 bits per heavy atom. The number of methoxy groups -OCH3 is 1.